The van der Waals surface area contributed by atoms with Crippen molar-refractivity contribution in [3.63, 3.8) is 0 Å². The van der Waals surface area contributed by atoms with Gasteiger partial charge in [0.25, 0.3) is 5.91 Å². The van der Waals surface area contributed by atoms with Crippen LogP contribution in [0.25, 0.3) is 0 Å². The first-order valence-corrected chi connectivity index (χ1v) is 7.51. The molecule has 1 atom stereocenters. The fourth-order valence-corrected chi connectivity index (χ4v) is 2.47. The lowest BCUT2D eigenvalue weighted by Crippen LogP contribution is -2.52. The zero-order valence-electron chi connectivity index (χ0n) is 11.8. The molecule has 0 saturated carbocycles. The molecule has 1 heterocycles. The van der Waals surface area contributed by atoms with Crippen LogP contribution in [0.2, 0.25) is 0 Å². The first-order valence-electron chi connectivity index (χ1n) is 6.72. The summed E-state index contributed by atoms with van der Waals surface area (Å²) in [6.07, 6.45) is 0.271. The van der Waals surface area contributed by atoms with E-state index in [9.17, 15) is 4.79 Å². The predicted octanol–water partition coefficient (Wildman–Crippen LogP) is 2.30. The zero-order chi connectivity index (χ0) is 14.6. The van der Waals surface area contributed by atoms with E-state index in [0.717, 1.165) is 10.9 Å². The maximum atomic E-state index is 12.1. The monoisotopic (exact) mass is 341 g/mol. The maximum absolute atomic E-state index is 12.1. The predicted molar refractivity (Wildman–Crippen MR) is 80.6 cm³/mol. The molecule has 0 aromatic heterocycles. The van der Waals surface area contributed by atoms with Crippen molar-refractivity contribution in [2.24, 2.45) is 0 Å². The Morgan fingerprint density at radius 2 is 2.05 bits per heavy atom. The first-order chi connectivity index (χ1) is 9.46. The summed E-state index contributed by atoms with van der Waals surface area (Å²) in [4.78, 5) is 12.1. The SMILES string of the molecule is CC(C)(Cc1ccc(Br)cc1)NC(=O)C1COCCO1. The lowest BCUT2D eigenvalue weighted by atomic mass is 9.94. The molecule has 1 aromatic rings. The van der Waals surface area contributed by atoms with Gasteiger partial charge in [0.05, 0.1) is 19.8 Å². The number of ether oxygens (including phenoxy) is 2. The third-order valence-corrected chi connectivity index (χ3v) is 3.66. The van der Waals surface area contributed by atoms with E-state index in [1.165, 1.54) is 5.56 Å². The fourth-order valence-electron chi connectivity index (χ4n) is 2.21. The Hall–Kier alpha value is -0.910. The van der Waals surface area contributed by atoms with Gasteiger partial charge in [0.2, 0.25) is 0 Å². The number of benzene rings is 1. The number of halogens is 1. The van der Waals surface area contributed by atoms with Crippen LogP contribution in [-0.2, 0) is 20.7 Å². The molecule has 0 aliphatic carbocycles. The second kappa shape index (κ2) is 6.70. The van der Waals surface area contributed by atoms with Crippen molar-refractivity contribution in [1.29, 1.82) is 0 Å². The van der Waals surface area contributed by atoms with E-state index in [1.807, 2.05) is 26.0 Å². The average Bonchev–Trinajstić information content (AvgIpc) is 2.41. The highest BCUT2D eigenvalue weighted by Gasteiger charge is 2.28. The molecule has 0 bridgehead atoms. The van der Waals surface area contributed by atoms with E-state index < -0.39 is 6.10 Å². The molecule has 1 aliphatic heterocycles. The third kappa shape index (κ3) is 4.58. The quantitative estimate of drug-likeness (QED) is 0.913. The van der Waals surface area contributed by atoms with E-state index in [0.29, 0.717) is 19.8 Å². The van der Waals surface area contributed by atoms with E-state index >= 15 is 0 Å². The standard InChI is InChI=1S/C15H20BrNO3/c1-15(2,9-11-3-5-12(16)6-4-11)17-14(18)13-10-19-7-8-20-13/h3-6,13H,7-10H2,1-2H3,(H,17,18). The molecule has 1 saturated heterocycles. The number of rotatable bonds is 4. The third-order valence-electron chi connectivity index (χ3n) is 3.13. The van der Waals surface area contributed by atoms with Crippen molar-refractivity contribution < 1.29 is 14.3 Å². The summed E-state index contributed by atoms with van der Waals surface area (Å²) in [7, 11) is 0. The fraction of sp³-hybridized carbons (Fsp3) is 0.533. The molecule has 1 fully saturated rings. The minimum absolute atomic E-state index is 0.105. The summed E-state index contributed by atoms with van der Waals surface area (Å²) >= 11 is 3.42. The van der Waals surface area contributed by atoms with Crippen LogP contribution >= 0.6 is 15.9 Å². The van der Waals surface area contributed by atoms with Crippen LogP contribution in [0.15, 0.2) is 28.7 Å². The zero-order valence-corrected chi connectivity index (χ0v) is 13.4. The Morgan fingerprint density at radius 3 is 2.65 bits per heavy atom. The van der Waals surface area contributed by atoms with E-state index in [4.69, 9.17) is 9.47 Å². The van der Waals surface area contributed by atoms with Crippen LogP contribution in [0, 0.1) is 0 Å². The molecule has 5 heteroatoms. The van der Waals surface area contributed by atoms with Crippen LogP contribution in [-0.4, -0.2) is 37.4 Å². The average molecular weight is 342 g/mol. The van der Waals surface area contributed by atoms with Gasteiger partial charge in [-0.3, -0.25) is 4.79 Å². The smallest absolute Gasteiger partial charge is 0.251 e. The van der Waals surface area contributed by atoms with Gasteiger partial charge in [0.15, 0.2) is 6.10 Å². The summed E-state index contributed by atoms with van der Waals surface area (Å²) in [6.45, 7) is 5.39. The molecule has 0 spiro atoms. The molecule has 110 valence electrons. The van der Waals surface area contributed by atoms with Crippen LogP contribution < -0.4 is 5.32 Å². The Kier molecular flexibility index (Phi) is 5.18. The highest BCUT2D eigenvalue weighted by molar-refractivity contribution is 9.10. The molecule has 0 radical (unpaired) electrons. The number of hydrogen-bond acceptors (Lipinski definition) is 3. The largest absolute Gasteiger partial charge is 0.376 e. The molecule has 1 aliphatic rings. The van der Waals surface area contributed by atoms with Gasteiger partial charge in [-0.15, -0.1) is 0 Å². The molecule has 1 unspecified atom stereocenters. The molecule has 20 heavy (non-hydrogen) atoms. The second-order valence-corrected chi connectivity index (χ2v) is 6.53. The highest BCUT2D eigenvalue weighted by atomic mass is 79.9. The second-order valence-electron chi connectivity index (χ2n) is 5.61. The Balaban J connectivity index is 1.92. The maximum Gasteiger partial charge on any atom is 0.251 e. The van der Waals surface area contributed by atoms with Crippen LogP contribution in [0.5, 0.6) is 0 Å². The first kappa shape index (κ1) is 15.5. The molecule has 1 aromatic carbocycles. The lowest BCUT2D eigenvalue weighted by Gasteiger charge is -2.30. The molecular weight excluding hydrogens is 322 g/mol. The van der Waals surface area contributed by atoms with Crippen LogP contribution in [0.1, 0.15) is 19.4 Å². The van der Waals surface area contributed by atoms with Crippen molar-refractivity contribution in [2.45, 2.75) is 31.9 Å². The summed E-state index contributed by atoms with van der Waals surface area (Å²) in [6, 6.07) is 8.12. The van der Waals surface area contributed by atoms with Gasteiger partial charge in [-0.25, -0.2) is 0 Å². The summed E-state index contributed by atoms with van der Waals surface area (Å²) in [5.74, 6) is -0.105. The van der Waals surface area contributed by atoms with Gasteiger partial charge >= 0.3 is 0 Å². The molecular formula is C15H20BrNO3. The Labute approximate surface area is 128 Å². The normalized spacial score (nSPS) is 19.6. The van der Waals surface area contributed by atoms with Gasteiger partial charge < -0.3 is 14.8 Å². The van der Waals surface area contributed by atoms with Gasteiger partial charge in [-0.05, 0) is 38.0 Å². The lowest BCUT2D eigenvalue weighted by molar-refractivity contribution is -0.149. The topological polar surface area (TPSA) is 47.6 Å². The van der Waals surface area contributed by atoms with Crippen LogP contribution in [0.3, 0.4) is 0 Å². The Morgan fingerprint density at radius 1 is 1.35 bits per heavy atom. The van der Waals surface area contributed by atoms with Crippen molar-refractivity contribution in [1.82, 2.24) is 5.32 Å². The minimum atomic E-state index is -0.493. The minimum Gasteiger partial charge on any atom is -0.376 e. The van der Waals surface area contributed by atoms with Crippen molar-refractivity contribution in [2.75, 3.05) is 19.8 Å². The van der Waals surface area contributed by atoms with Gasteiger partial charge in [-0.2, -0.15) is 0 Å². The number of carbonyl (C=O) groups is 1. The molecule has 2 rings (SSSR count). The molecule has 1 amide bonds. The highest BCUT2D eigenvalue weighted by Crippen LogP contribution is 2.16. The number of carbonyl (C=O) groups excluding carboxylic acids is 1. The van der Waals surface area contributed by atoms with Crippen molar-refractivity contribution in [3.8, 4) is 0 Å². The van der Waals surface area contributed by atoms with Crippen molar-refractivity contribution in [3.05, 3.63) is 34.3 Å². The van der Waals surface area contributed by atoms with E-state index in [-0.39, 0.29) is 11.4 Å². The summed E-state index contributed by atoms with van der Waals surface area (Å²) in [5, 5.41) is 3.03. The number of amides is 1. The van der Waals surface area contributed by atoms with Crippen LogP contribution in [0.4, 0.5) is 0 Å². The number of hydrogen-bond donors (Lipinski definition) is 1. The van der Waals surface area contributed by atoms with Gasteiger partial charge in [0.1, 0.15) is 0 Å². The van der Waals surface area contributed by atoms with Gasteiger partial charge in [0, 0.05) is 10.0 Å². The molecule has 4 nitrogen and oxygen atoms in total. The molecule has 1 N–H and O–H groups in total. The number of nitrogens with one attached hydrogen (secondary N) is 1. The van der Waals surface area contributed by atoms with Crippen molar-refractivity contribution >= 4 is 21.8 Å². The summed E-state index contributed by atoms with van der Waals surface area (Å²) < 4.78 is 11.7. The Bertz CT molecular complexity index is 453. The van der Waals surface area contributed by atoms with Gasteiger partial charge in [-0.1, -0.05) is 28.1 Å². The van der Waals surface area contributed by atoms with E-state index in [2.05, 4.69) is 33.4 Å². The van der Waals surface area contributed by atoms with E-state index in [1.54, 1.807) is 0 Å². The summed E-state index contributed by atoms with van der Waals surface area (Å²) in [5.41, 5.74) is 0.852.